The first kappa shape index (κ1) is 13.6. The Hall–Kier alpha value is -1.82. The van der Waals surface area contributed by atoms with Gasteiger partial charge in [-0.2, -0.15) is 0 Å². The topological polar surface area (TPSA) is 91.0 Å². The number of aliphatic hydroxyl groups excluding tert-OH is 1. The number of rotatable bonds is 6. The Labute approximate surface area is 110 Å². The van der Waals surface area contributed by atoms with Crippen LogP contribution in [0.4, 0.5) is 0 Å². The van der Waals surface area contributed by atoms with E-state index in [1.54, 1.807) is 4.90 Å². The molecule has 1 aromatic rings. The van der Waals surface area contributed by atoms with E-state index in [2.05, 4.69) is 0 Å². The van der Waals surface area contributed by atoms with E-state index in [1.807, 2.05) is 0 Å². The molecule has 0 saturated heterocycles. The van der Waals surface area contributed by atoms with Gasteiger partial charge in [-0.05, 0) is 25.3 Å². The molecule has 1 heterocycles. The van der Waals surface area contributed by atoms with E-state index in [-0.39, 0.29) is 42.8 Å². The van der Waals surface area contributed by atoms with Crippen LogP contribution >= 0.6 is 0 Å². The number of aromatic carboxylic acids is 1. The van der Waals surface area contributed by atoms with Crippen molar-refractivity contribution in [3.05, 3.63) is 23.7 Å². The standard InChI is InChI=1S/C13H17NO5/c15-6-5-14(9-2-1-3-9)12(16)8-11-10(13(17)18)4-7-19-11/h4,7,9,15H,1-3,5-6,8H2,(H,17,18). The van der Waals surface area contributed by atoms with Gasteiger partial charge in [-0.15, -0.1) is 0 Å². The van der Waals surface area contributed by atoms with Gasteiger partial charge in [0.1, 0.15) is 11.3 Å². The SMILES string of the molecule is O=C(O)c1ccoc1CC(=O)N(CCO)C1CCC1. The number of hydrogen-bond acceptors (Lipinski definition) is 4. The highest BCUT2D eigenvalue weighted by molar-refractivity contribution is 5.90. The second kappa shape index (κ2) is 5.88. The largest absolute Gasteiger partial charge is 0.478 e. The third kappa shape index (κ3) is 2.96. The molecule has 19 heavy (non-hydrogen) atoms. The molecule has 1 fully saturated rings. The molecule has 1 saturated carbocycles. The first-order valence-corrected chi connectivity index (χ1v) is 6.33. The molecule has 1 aliphatic rings. The first-order chi connectivity index (χ1) is 9.13. The van der Waals surface area contributed by atoms with Crippen molar-refractivity contribution in [3.63, 3.8) is 0 Å². The number of amides is 1. The molecule has 104 valence electrons. The Morgan fingerprint density at radius 3 is 2.68 bits per heavy atom. The minimum absolute atomic E-state index is 0.0194. The third-order valence-electron chi connectivity index (χ3n) is 3.46. The van der Waals surface area contributed by atoms with Crippen LogP contribution in [0.15, 0.2) is 16.7 Å². The van der Waals surface area contributed by atoms with Gasteiger partial charge >= 0.3 is 5.97 Å². The molecule has 1 amide bonds. The van der Waals surface area contributed by atoms with E-state index in [4.69, 9.17) is 14.6 Å². The second-order valence-corrected chi connectivity index (χ2v) is 4.63. The van der Waals surface area contributed by atoms with Crippen molar-refractivity contribution in [1.82, 2.24) is 4.90 Å². The van der Waals surface area contributed by atoms with Crippen LogP contribution in [0.5, 0.6) is 0 Å². The summed E-state index contributed by atoms with van der Waals surface area (Å²) in [5.41, 5.74) is 0.0194. The smallest absolute Gasteiger partial charge is 0.339 e. The van der Waals surface area contributed by atoms with Gasteiger partial charge in [0.25, 0.3) is 0 Å². The molecule has 6 heteroatoms. The number of carbonyl (C=O) groups excluding carboxylic acids is 1. The quantitative estimate of drug-likeness (QED) is 0.798. The summed E-state index contributed by atoms with van der Waals surface area (Å²) in [6.45, 7) is 0.193. The molecule has 0 unspecified atom stereocenters. The lowest BCUT2D eigenvalue weighted by Gasteiger charge is -2.37. The summed E-state index contributed by atoms with van der Waals surface area (Å²) in [5, 5.41) is 18.0. The molecule has 0 bridgehead atoms. The normalized spacial score (nSPS) is 15.0. The van der Waals surface area contributed by atoms with E-state index in [9.17, 15) is 9.59 Å². The zero-order valence-electron chi connectivity index (χ0n) is 10.5. The van der Waals surface area contributed by atoms with Crippen molar-refractivity contribution in [2.24, 2.45) is 0 Å². The molecule has 1 aliphatic carbocycles. The van der Waals surface area contributed by atoms with Gasteiger partial charge in [-0.3, -0.25) is 4.79 Å². The van der Waals surface area contributed by atoms with Crippen molar-refractivity contribution in [3.8, 4) is 0 Å². The molecule has 0 radical (unpaired) electrons. The van der Waals surface area contributed by atoms with E-state index >= 15 is 0 Å². The van der Waals surface area contributed by atoms with Crippen molar-refractivity contribution >= 4 is 11.9 Å². The van der Waals surface area contributed by atoms with Crippen LogP contribution < -0.4 is 0 Å². The molecular weight excluding hydrogens is 250 g/mol. The average molecular weight is 267 g/mol. The fourth-order valence-electron chi connectivity index (χ4n) is 2.22. The lowest BCUT2D eigenvalue weighted by atomic mass is 9.91. The highest BCUT2D eigenvalue weighted by atomic mass is 16.4. The monoisotopic (exact) mass is 267 g/mol. The molecule has 2 N–H and O–H groups in total. The third-order valence-corrected chi connectivity index (χ3v) is 3.46. The maximum absolute atomic E-state index is 12.2. The maximum atomic E-state index is 12.2. The Morgan fingerprint density at radius 2 is 2.16 bits per heavy atom. The number of furan rings is 1. The predicted octanol–water partition coefficient (Wildman–Crippen LogP) is 0.894. The van der Waals surface area contributed by atoms with Gasteiger partial charge in [0.05, 0.1) is 19.3 Å². The van der Waals surface area contributed by atoms with Crippen LogP contribution in [0, 0.1) is 0 Å². The minimum atomic E-state index is -1.10. The van der Waals surface area contributed by atoms with Crippen LogP contribution in [-0.4, -0.2) is 46.2 Å². The Kier molecular flexibility index (Phi) is 4.21. The second-order valence-electron chi connectivity index (χ2n) is 4.63. The van der Waals surface area contributed by atoms with Gasteiger partial charge in [0.15, 0.2) is 0 Å². The summed E-state index contributed by atoms with van der Waals surface area (Å²) in [6.07, 6.45) is 4.16. The van der Waals surface area contributed by atoms with Crippen LogP contribution in [0.3, 0.4) is 0 Å². The first-order valence-electron chi connectivity index (χ1n) is 6.33. The zero-order chi connectivity index (χ0) is 13.8. The highest BCUT2D eigenvalue weighted by Gasteiger charge is 2.29. The van der Waals surface area contributed by atoms with Crippen LogP contribution in [0.25, 0.3) is 0 Å². The van der Waals surface area contributed by atoms with Crippen LogP contribution in [-0.2, 0) is 11.2 Å². The van der Waals surface area contributed by atoms with Crippen molar-refractivity contribution in [2.75, 3.05) is 13.2 Å². The number of aliphatic hydroxyl groups is 1. The lowest BCUT2D eigenvalue weighted by molar-refractivity contribution is -0.135. The van der Waals surface area contributed by atoms with Crippen LogP contribution in [0.2, 0.25) is 0 Å². The van der Waals surface area contributed by atoms with E-state index in [0.717, 1.165) is 19.3 Å². The number of hydrogen-bond donors (Lipinski definition) is 2. The molecule has 0 aromatic carbocycles. The maximum Gasteiger partial charge on any atom is 0.339 e. The molecule has 0 spiro atoms. The summed E-state index contributed by atoms with van der Waals surface area (Å²) in [7, 11) is 0. The van der Waals surface area contributed by atoms with Crippen LogP contribution in [0.1, 0.15) is 35.4 Å². The molecule has 0 aliphatic heterocycles. The van der Waals surface area contributed by atoms with Gasteiger partial charge in [0.2, 0.25) is 5.91 Å². The number of carboxylic acid groups (broad SMARTS) is 1. The Balaban J connectivity index is 2.05. The van der Waals surface area contributed by atoms with Gasteiger partial charge < -0.3 is 19.5 Å². The molecular formula is C13H17NO5. The summed E-state index contributed by atoms with van der Waals surface area (Å²) in [5.74, 6) is -1.13. The molecule has 0 atom stereocenters. The van der Waals surface area contributed by atoms with E-state index < -0.39 is 5.97 Å². The summed E-state index contributed by atoms with van der Waals surface area (Å²) >= 11 is 0. The fraction of sp³-hybridized carbons (Fsp3) is 0.538. The fourth-order valence-corrected chi connectivity index (χ4v) is 2.22. The minimum Gasteiger partial charge on any atom is -0.478 e. The summed E-state index contributed by atoms with van der Waals surface area (Å²) in [6, 6.07) is 1.51. The number of nitrogens with zero attached hydrogens (tertiary/aromatic N) is 1. The zero-order valence-corrected chi connectivity index (χ0v) is 10.5. The molecule has 6 nitrogen and oxygen atoms in total. The summed E-state index contributed by atoms with van der Waals surface area (Å²) in [4.78, 5) is 24.7. The number of carbonyl (C=O) groups is 2. The van der Waals surface area contributed by atoms with Crippen molar-refractivity contribution in [1.29, 1.82) is 0 Å². The summed E-state index contributed by atoms with van der Waals surface area (Å²) < 4.78 is 5.07. The molecule has 2 rings (SSSR count). The van der Waals surface area contributed by atoms with Crippen molar-refractivity contribution < 1.29 is 24.2 Å². The number of carboxylic acids is 1. The van der Waals surface area contributed by atoms with E-state index in [0.29, 0.717) is 0 Å². The highest BCUT2D eigenvalue weighted by Crippen LogP contribution is 2.25. The van der Waals surface area contributed by atoms with Gasteiger partial charge in [0, 0.05) is 12.6 Å². The average Bonchev–Trinajstić information content (AvgIpc) is 2.74. The Morgan fingerprint density at radius 1 is 1.42 bits per heavy atom. The van der Waals surface area contributed by atoms with E-state index in [1.165, 1.54) is 12.3 Å². The lowest BCUT2D eigenvalue weighted by Crippen LogP contribution is -2.46. The molecule has 1 aromatic heterocycles. The van der Waals surface area contributed by atoms with Crippen molar-refractivity contribution in [2.45, 2.75) is 31.7 Å². The Bertz CT molecular complexity index is 463. The van der Waals surface area contributed by atoms with Gasteiger partial charge in [-0.25, -0.2) is 4.79 Å². The van der Waals surface area contributed by atoms with Gasteiger partial charge in [-0.1, -0.05) is 0 Å². The predicted molar refractivity (Wildman–Crippen MR) is 65.8 cm³/mol.